The van der Waals surface area contributed by atoms with Crippen LogP contribution in [0.15, 0.2) is 18.2 Å². The molecule has 0 amide bonds. The van der Waals surface area contributed by atoms with Gasteiger partial charge in [0, 0.05) is 5.56 Å². The van der Waals surface area contributed by atoms with Crippen molar-refractivity contribution in [1.82, 2.24) is 0 Å². The Balaban J connectivity index is 2.88. The Morgan fingerprint density at radius 3 is 1.84 bits per heavy atom. The largest absolute Gasteiger partial charge is 0.496 e. The van der Waals surface area contributed by atoms with Gasteiger partial charge in [-0.05, 0) is 36.3 Å². The number of carbonyl (C=O) groups is 1. The van der Waals surface area contributed by atoms with Crippen LogP contribution in [-0.2, 0) is 14.0 Å². The van der Waals surface area contributed by atoms with Gasteiger partial charge in [0.15, 0.2) is 8.32 Å². The van der Waals surface area contributed by atoms with Crippen molar-refractivity contribution < 1.29 is 32.9 Å². The standard InChI is InChI=1S/C24H36O7Si/c1-24(2,3)32(9,10)31-18(14-20(25)29-7)15-13-19(28-6)21-16(26-4)11-12-17(27-5)22(21)23(15)30-8/h11-13,18H,14H2,1-10H3/t18-/m1/s1. The molecule has 0 aromatic heterocycles. The highest BCUT2D eigenvalue weighted by Gasteiger charge is 2.41. The molecule has 1 atom stereocenters. The predicted octanol–water partition coefficient (Wildman–Crippen LogP) is 5.50. The van der Waals surface area contributed by atoms with Crippen molar-refractivity contribution in [3.8, 4) is 23.0 Å². The maximum Gasteiger partial charge on any atom is 0.308 e. The molecule has 2 aromatic carbocycles. The molecule has 8 heteroatoms. The Kier molecular flexibility index (Phi) is 8.06. The molecule has 0 aliphatic carbocycles. The molecule has 7 nitrogen and oxygen atoms in total. The molecule has 0 aliphatic heterocycles. The van der Waals surface area contributed by atoms with Crippen molar-refractivity contribution in [2.45, 2.75) is 51.4 Å². The zero-order valence-corrected chi connectivity index (χ0v) is 21.9. The van der Waals surface area contributed by atoms with Gasteiger partial charge >= 0.3 is 5.97 Å². The first-order valence-electron chi connectivity index (χ1n) is 10.5. The molecule has 178 valence electrons. The Morgan fingerprint density at radius 1 is 0.875 bits per heavy atom. The molecule has 0 saturated heterocycles. The third-order valence-corrected chi connectivity index (χ3v) is 10.7. The molecule has 0 unspecified atom stereocenters. The van der Waals surface area contributed by atoms with Crippen molar-refractivity contribution in [2.24, 2.45) is 0 Å². The normalized spacial score (nSPS) is 12.9. The van der Waals surface area contributed by atoms with Crippen molar-refractivity contribution in [3.05, 3.63) is 23.8 Å². The predicted molar refractivity (Wildman–Crippen MR) is 128 cm³/mol. The minimum Gasteiger partial charge on any atom is -0.496 e. The highest BCUT2D eigenvalue weighted by Crippen LogP contribution is 2.50. The van der Waals surface area contributed by atoms with Crippen LogP contribution >= 0.6 is 0 Å². The molecule has 0 spiro atoms. The van der Waals surface area contributed by atoms with E-state index in [1.54, 1.807) is 28.4 Å². The summed E-state index contributed by atoms with van der Waals surface area (Å²) in [5, 5.41) is 1.35. The van der Waals surface area contributed by atoms with Gasteiger partial charge in [-0.25, -0.2) is 0 Å². The number of rotatable bonds is 9. The fraction of sp³-hybridized carbons (Fsp3) is 0.542. The number of ether oxygens (including phenoxy) is 5. The molecule has 0 N–H and O–H groups in total. The molecule has 2 rings (SSSR count). The van der Waals surface area contributed by atoms with Crippen LogP contribution in [0, 0.1) is 0 Å². The first-order chi connectivity index (χ1) is 14.9. The van der Waals surface area contributed by atoms with Crippen LogP contribution in [0.25, 0.3) is 10.8 Å². The van der Waals surface area contributed by atoms with E-state index in [0.717, 1.165) is 5.39 Å². The number of carbonyl (C=O) groups excluding carboxylic acids is 1. The number of hydrogen-bond acceptors (Lipinski definition) is 7. The van der Waals surface area contributed by atoms with Crippen molar-refractivity contribution in [2.75, 3.05) is 35.5 Å². The van der Waals surface area contributed by atoms with Crippen LogP contribution in [0.3, 0.4) is 0 Å². The molecule has 32 heavy (non-hydrogen) atoms. The summed E-state index contributed by atoms with van der Waals surface area (Å²) in [7, 11) is 5.49. The van der Waals surface area contributed by atoms with Crippen LogP contribution in [0.4, 0.5) is 0 Å². The molecule has 0 heterocycles. The first kappa shape index (κ1) is 25.8. The monoisotopic (exact) mass is 464 g/mol. The fourth-order valence-corrected chi connectivity index (χ4v) is 4.68. The average Bonchev–Trinajstić information content (AvgIpc) is 2.75. The molecule has 2 aromatic rings. The lowest BCUT2D eigenvalue weighted by Crippen LogP contribution is -2.42. The second-order valence-corrected chi connectivity index (χ2v) is 13.8. The smallest absolute Gasteiger partial charge is 0.308 e. The maximum atomic E-state index is 12.4. The molecule has 0 radical (unpaired) electrons. The highest BCUT2D eigenvalue weighted by molar-refractivity contribution is 6.74. The number of hydrogen-bond donors (Lipinski definition) is 0. The van der Waals surface area contributed by atoms with E-state index in [9.17, 15) is 4.79 Å². The highest BCUT2D eigenvalue weighted by atomic mass is 28.4. The van der Waals surface area contributed by atoms with Gasteiger partial charge in [-0.2, -0.15) is 0 Å². The summed E-state index contributed by atoms with van der Waals surface area (Å²) >= 11 is 0. The van der Waals surface area contributed by atoms with Crippen LogP contribution in [0.1, 0.15) is 38.9 Å². The van der Waals surface area contributed by atoms with Gasteiger partial charge in [-0.1, -0.05) is 20.8 Å². The van der Waals surface area contributed by atoms with Crippen molar-refractivity contribution in [3.63, 3.8) is 0 Å². The minimum absolute atomic E-state index is 0.0420. The molecule has 0 aliphatic rings. The lowest BCUT2D eigenvalue weighted by molar-refractivity contribution is -0.142. The average molecular weight is 465 g/mol. The van der Waals surface area contributed by atoms with Crippen LogP contribution < -0.4 is 18.9 Å². The summed E-state index contributed by atoms with van der Waals surface area (Å²) in [6, 6.07) is 5.49. The lowest BCUT2D eigenvalue weighted by Gasteiger charge is -2.39. The quantitative estimate of drug-likeness (QED) is 0.358. The molecule has 0 bridgehead atoms. The van der Waals surface area contributed by atoms with E-state index in [1.807, 2.05) is 18.2 Å². The maximum absolute atomic E-state index is 12.4. The van der Waals surface area contributed by atoms with E-state index in [0.29, 0.717) is 33.9 Å². The number of esters is 1. The summed E-state index contributed by atoms with van der Waals surface area (Å²) < 4.78 is 34.6. The zero-order valence-electron chi connectivity index (χ0n) is 20.9. The van der Waals surface area contributed by atoms with Crippen LogP contribution in [-0.4, -0.2) is 49.8 Å². The van der Waals surface area contributed by atoms with E-state index < -0.39 is 14.4 Å². The van der Waals surface area contributed by atoms with E-state index in [1.165, 1.54) is 7.11 Å². The number of methoxy groups -OCH3 is 5. The Bertz CT molecular complexity index is 963. The molecule has 0 fully saturated rings. The van der Waals surface area contributed by atoms with Crippen molar-refractivity contribution in [1.29, 1.82) is 0 Å². The molecule has 0 saturated carbocycles. The Morgan fingerprint density at radius 2 is 1.41 bits per heavy atom. The van der Waals surface area contributed by atoms with E-state index in [-0.39, 0.29) is 17.4 Å². The SMILES string of the molecule is COC(=O)C[C@@H](O[Si](C)(C)C(C)(C)C)c1cc(OC)c2c(OC)ccc(OC)c2c1OC. The lowest BCUT2D eigenvalue weighted by atomic mass is 9.97. The fourth-order valence-electron chi connectivity index (χ4n) is 3.40. The summed E-state index contributed by atoms with van der Waals surface area (Å²) in [4.78, 5) is 12.4. The van der Waals surface area contributed by atoms with Gasteiger partial charge in [0.1, 0.15) is 23.0 Å². The summed E-state index contributed by atoms with van der Waals surface area (Å²) in [5.74, 6) is 1.97. The third kappa shape index (κ3) is 4.96. The topological polar surface area (TPSA) is 72.5 Å². The minimum atomic E-state index is -2.26. The Hall–Kier alpha value is -2.45. The van der Waals surface area contributed by atoms with Crippen LogP contribution in [0.5, 0.6) is 23.0 Å². The van der Waals surface area contributed by atoms with Gasteiger partial charge in [0.2, 0.25) is 0 Å². The molecular weight excluding hydrogens is 428 g/mol. The van der Waals surface area contributed by atoms with Gasteiger partial charge in [0.25, 0.3) is 0 Å². The third-order valence-electron chi connectivity index (χ3n) is 6.18. The van der Waals surface area contributed by atoms with E-state index >= 15 is 0 Å². The summed E-state index contributed by atoms with van der Waals surface area (Å²) in [6.45, 7) is 10.7. The van der Waals surface area contributed by atoms with Gasteiger partial charge < -0.3 is 28.1 Å². The van der Waals surface area contributed by atoms with E-state index in [2.05, 4.69) is 33.9 Å². The summed E-state index contributed by atoms with van der Waals surface area (Å²) in [6.07, 6.45) is -0.548. The Labute approximate surface area is 192 Å². The van der Waals surface area contributed by atoms with Gasteiger partial charge in [0.05, 0.1) is 58.8 Å². The first-order valence-corrected chi connectivity index (χ1v) is 13.4. The second kappa shape index (κ2) is 10.00. The van der Waals surface area contributed by atoms with Gasteiger partial charge in [-0.15, -0.1) is 0 Å². The van der Waals surface area contributed by atoms with E-state index in [4.69, 9.17) is 28.1 Å². The number of benzene rings is 2. The number of fused-ring (bicyclic) bond motifs is 1. The van der Waals surface area contributed by atoms with Gasteiger partial charge in [-0.3, -0.25) is 4.79 Å². The molecular formula is C24H36O7Si. The second-order valence-electron chi connectivity index (χ2n) is 9.07. The van der Waals surface area contributed by atoms with Crippen molar-refractivity contribution >= 4 is 25.1 Å². The summed E-state index contributed by atoms with van der Waals surface area (Å²) in [5.41, 5.74) is 0.693. The van der Waals surface area contributed by atoms with Crippen LogP contribution in [0.2, 0.25) is 18.1 Å². The zero-order chi connectivity index (χ0) is 24.3.